The fourth-order valence-electron chi connectivity index (χ4n) is 3.27. The van der Waals surface area contributed by atoms with E-state index in [9.17, 15) is 14.7 Å². The van der Waals surface area contributed by atoms with E-state index in [0.717, 1.165) is 31.1 Å². The van der Waals surface area contributed by atoms with Crippen LogP contribution in [0.3, 0.4) is 0 Å². The lowest BCUT2D eigenvalue weighted by atomic mass is 9.93. The van der Waals surface area contributed by atoms with Gasteiger partial charge in [-0.1, -0.05) is 12.1 Å². The third-order valence-electron chi connectivity index (χ3n) is 4.87. The van der Waals surface area contributed by atoms with Gasteiger partial charge in [-0.3, -0.25) is 9.59 Å². The Morgan fingerprint density at radius 3 is 2.67 bits per heavy atom. The molecular weight excluding hydrogens is 346 g/mol. The average molecular weight is 371 g/mol. The number of amides is 2. The summed E-state index contributed by atoms with van der Waals surface area (Å²) >= 11 is 0. The van der Waals surface area contributed by atoms with E-state index in [0.29, 0.717) is 17.0 Å². The van der Waals surface area contributed by atoms with Crippen molar-refractivity contribution in [3.8, 4) is 0 Å². The summed E-state index contributed by atoms with van der Waals surface area (Å²) in [5.41, 5.74) is 0.931. The van der Waals surface area contributed by atoms with Gasteiger partial charge >= 0.3 is 0 Å². The Balaban J connectivity index is 1.81. The maximum atomic E-state index is 12.6. The predicted octanol–water partition coefficient (Wildman–Crippen LogP) is 1.21. The third-order valence-corrected chi connectivity index (χ3v) is 4.87. The van der Waals surface area contributed by atoms with Crippen LogP contribution in [0.25, 0.3) is 10.9 Å². The van der Waals surface area contributed by atoms with Crippen LogP contribution in [0.5, 0.6) is 0 Å². The molecule has 0 bridgehead atoms. The number of carbonyl (C=O) groups excluding carboxylic acids is 2. The molecular formula is C19H25N5O3. The molecule has 1 atom stereocenters. The first-order chi connectivity index (χ1) is 13.0. The summed E-state index contributed by atoms with van der Waals surface area (Å²) in [4.78, 5) is 33.2. The van der Waals surface area contributed by atoms with Gasteiger partial charge in [0, 0.05) is 24.7 Å². The molecule has 1 aliphatic carbocycles. The molecule has 2 amide bonds. The summed E-state index contributed by atoms with van der Waals surface area (Å²) in [6.45, 7) is 1.63. The van der Waals surface area contributed by atoms with Crippen molar-refractivity contribution in [2.45, 2.75) is 50.8 Å². The molecule has 0 aliphatic heterocycles. The molecule has 8 nitrogen and oxygen atoms in total. The Hall–Kier alpha value is -2.74. The molecule has 1 heterocycles. The highest BCUT2D eigenvalue weighted by Gasteiger charge is 2.21. The number of nitrogens with one attached hydrogen (secondary N) is 3. The van der Waals surface area contributed by atoms with Gasteiger partial charge in [0.25, 0.3) is 5.91 Å². The maximum absolute atomic E-state index is 12.6. The largest absolute Gasteiger partial charge is 0.393 e. The van der Waals surface area contributed by atoms with Crippen LogP contribution in [0.15, 0.2) is 24.4 Å². The average Bonchev–Trinajstić information content (AvgIpc) is 2.68. The molecule has 0 unspecified atom stereocenters. The van der Waals surface area contributed by atoms with Crippen molar-refractivity contribution in [3.63, 3.8) is 0 Å². The molecule has 1 saturated carbocycles. The molecule has 0 spiro atoms. The van der Waals surface area contributed by atoms with Crippen molar-refractivity contribution in [3.05, 3.63) is 30.0 Å². The van der Waals surface area contributed by atoms with Crippen LogP contribution in [0, 0.1) is 0 Å². The minimum Gasteiger partial charge on any atom is -0.393 e. The smallest absolute Gasteiger partial charge is 0.254 e. The number of anilines is 1. The minimum absolute atomic E-state index is 0.208. The van der Waals surface area contributed by atoms with Crippen LogP contribution in [0.4, 0.5) is 5.95 Å². The lowest BCUT2D eigenvalue weighted by Gasteiger charge is -2.26. The summed E-state index contributed by atoms with van der Waals surface area (Å²) in [7, 11) is 1.53. The molecule has 144 valence electrons. The summed E-state index contributed by atoms with van der Waals surface area (Å²) in [6.07, 6.45) is 4.69. The second kappa shape index (κ2) is 8.30. The topological polar surface area (TPSA) is 116 Å². The molecule has 3 rings (SSSR count). The maximum Gasteiger partial charge on any atom is 0.254 e. The number of aromatic nitrogens is 2. The molecule has 8 heteroatoms. The van der Waals surface area contributed by atoms with Crippen molar-refractivity contribution < 1.29 is 14.7 Å². The highest BCUT2D eigenvalue weighted by Crippen LogP contribution is 2.22. The van der Waals surface area contributed by atoms with Gasteiger partial charge < -0.3 is 21.1 Å². The van der Waals surface area contributed by atoms with Crippen LogP contribution in [-0.2, 0) is 4.79 Å². The van der Waals surface area contributed by atoms with Crippen LogP contribution in [0.1, 0.15) is 43.0 Å². The quantitative estimate of drug-likeness (QED) is 0.628. The Morgan fingerprint density at radius 2 is 1.96 bits per heavy atom. The van der Waals surface area contributed by atoms with Gasteiger partial charge in [-0.15, -0.1) is 0 Å². The zero-order valence-corrected chi connectivity index (χ0v) is 15.5. The number of para-hydroxylation sites is 1. The normalized spacial score (nSPS) is 20.7. The minimum atomic E-state index is -0.647. The highest BCUT2D eigenvalue weighted by molar-refractivity contribution is 6.06. The zero-order chi connectivity index (χ0) is 19.4. The SMILES string of the molecule is CNC(=O)[C@H](C)NC(=O)c1cccc2cnc(N[C@H]3CC[C@H](O)CC3)nc12. The van der Waals surface area contributed by atoms with Crippen LogP contribution in [-0.4, -0.2) is 52.1 Å². The van der Waals surface area contributed by atoms with E-state index < -0.39 is 6.04 Å². The Labute approximate surface area is 157 Å². The van der Waals surface area contributed by atoms with Crippen molar-refractivity contribution in [1.29, 1.82) is 0 Å². The number of aliphatic hydroxyl groups excluding tert-OH is 1. The zero-order valence-electron chi connectivity index (χ0n) is 15.5. The second-order valence-corrected chi connectivity index (χ2v) is 6.90. The van der Waals surface area contributed by atoms with E-state index >= 15 is 0 Å². The Morgan fingerprint density at radius 1 is 1.22 bits per heavy atom. The molecule has 27 heavy (non-hydrogen) atoms. The third kappa shape index (κ3) is 4.51. The number of fused-ring (bicyclic) bond motifs is 1. The van der Waals surface area contributed by atoms with Gasteiger partial charge in [0.15, 0.2) is 0 Å². The number of nitrogens with zero attached hydrogens (tertiary/aromatic N) is 2. The first-order valence-electron chi connectivity index (χ1n) is 9.20. The van der Waals surface area contributed by atoms with Gasteiger partial charge in [-0.25, -0.2) is 9.97 Å². The van der Waals surface area contributed by atoms with Crippen LogP contribution in [0.2, 0.25) is 0 Å². The summed E-state index contributed by atoms with van der Waals surface area (Å²) in [6, 6.07) is 4.85. The van der Waals surface area contributed by atoms with Crippen LogP contribution >= 0.6 is 0 Å². The summed E-state index contributed by atoms with van der Waals surface area (Å²) in [5, 5.41) is 18.9. The van der Waals surface area contributed by atoms with E-state index in [1.165, 1.54) is 7.05 Å². The molecule has 0 saturated heterocycles. The molecule has 1 fully saturated rings. The number of likely N-dealkylation sites (N-methyl/N-ethyl adjacent to an activating group) is 1. The Kier molecular flexibility index (Phi) is 5.85. The Bertz CT molecular complexity index is 833. The van der Waals surface area contributed by atoms with E-state index in [2.05, 4.69) is 25.9 Å². The molecule has 1 aromatic heterocycles. The van der Waals surface area contributed by atoms with Crippen molar-refractivity contribution in [2.24, 2.45) is 0 Å². The number of rotatable bonds is 5. The van der Waals surface area contributed by atoms with E-state index in [1.54, 1.807) is 25.3 Å². The summed E-state index contributed by atoms with van der Waals surface area (Å²) < 4.78 is 0. The number of carbonyl (C=O) groups is 2. The van der Waals surface area contributed by atoms with Gasteiger partial charge in [0.1, 0.15) is 6.04 Å². The monoisotopic (exact) mass is 371 g/mol. The highest BCUT2D eigenvalue weighted by atomic mass is 16.3. The van der Waals surface area contributed by atoms with Gasteiger partial charge in [-0.2, -0.15) is 0 Å². The van der Waals surface area contributed by atoms with Crippen molar-refractivity contribution >= 4 is 28.7 Å². The van der Waals surface area contributed by atoms with Crippen molar-refractivity contribution in [2.75, 3.05) is 12.4 Å². The van der Waals surface area contributed by atoms with Gasteiger partial charge in [-0.05, 0) is 38.7 Å². The number of hydrogen-bond acceptors (Lipinski definition) is 6. The lowest BCUT2D eigenvalue weighted by molar-refractivity contribution is -0.122. The first kappa shape index (κ1) is 19.0. The fraction of sp³-hybridized carbons (Fsp3) is 0.474. The predicted molar refractivity (Wildman–Crippen MR) is 102 cm³/mol. The molecule has 0 radical (unpaired) electrons. The lowest BCUT2D eigenvalue weighted by Crippen LogP contribution is -2.43. The first-order valence-corrected chi connectivity index (χ1v) is 9.20. The molecule has 1 aromatic carbocycles. The van der Waals surface area contributed by atoms with E-state index in [-0.39, 0.29) is 24.0 Å². The van der Waals surface area contributed by atoms with Crippen LogP contribution < -0.4 is 16.0 Å². The second-order valence-electron chi connectivity index (χ2n) is 6.90. The van der Waals surface area contributed by atoms with E-state index in [4.69, 9.17) is 0 Å². The van der Waals surface area contributed by atoms with E-state index in [1.807, 2.05) is 6.07 Å². The summed E-state index contributed by atoms with van der Waals surface area (Å²) in [5.74, 6) is -0.161. The number of hydrogen-bond donors (Lipinski definition) is 4. The standard InChI is InChI=1S/C19H25N5O3/c1-11(17(26)20-2)22-18(27)15-5-3-4-12-10-21-19(24-16(12)15)23-13-6-8-14(25)9-7-13/h3-5,10-11,13-14,25H,6-9H2,1-2H3,(H,20,26)(H,22,27)(H,21,23,24)/t11-,13-,14-/m0/s1. The molecule has 4 N–H and O–H groups in total. The van der Waals surface area contributed by atoms with Gasteiger partial charge in [0.2, 0.25) is 11.9 Å². The molecule has 2 aromatic rings. The molecule has 1 aliphatic rings. The van der Waals surface area contributed by atoms with Gasteiger partial charge in [0.05, 0.1) is 17.2 Å². The number of aliphatic hydroxyl groups is 1. The fourth-order valence-corrected chi connectivity index (χ4v) is 3.27. The number of benzene rings is 1. The van der Waals surface area contributed by atoms with Crippen molar-refractivity contribution in [1.82, 2.24) is 20.6 Å².